The predicted molar refractivity (Wildman–Crippen MR) is 105 cm³/mol. The summed E-state index contributed by atoms with van der Waals surface area (Å²) in [5.41, 5.74) is 1.63. The fourth-order valence-electron chi connectivity index (χ4n) is 4.25. The molecule has 0 saturated carbocycles. The summed E-state index contributed by atoms with van der Waals surface area (Å²) in [6.07, 6.45) is 4.04. The highest BCUT2D eigenvalue weighted by Gasteiger charge is 2.25. The summed E-state index contributed by atoms with van der Waals surface area (Å²) in [4.78, 5) is 12.3. The highest BCUT2D eigenvalue weighted by atomic mass is 15.3. The summed E-state index contributed by atoms with van der Waals surface area (Å²) in [7, 11) is 2.27. The Morgan fingerprint density at radius 3 is 2.69 bits per heavy atom. The monoisotopic (exact) mass is 349 g/mol. The summed E-state index contributed by atoms with van der Waals surface area (Å²) in [6.45, 7) is 6.52. The third-order valence-corrected chi connectivity index (χ3v) is 5.91. The van der Waals surface area contributed by atoms with Crippen LogP contribution in [0.2, 0.25) is 0 Å². The molecule has 3 heterocycles. The largest absolute Gasteiger partial charge is 0.354 e. The highest BCUT2D eigenvalue weighted by molar-refractivity contribution is 5.86. The van der Waals surface area contributed by atoms with Gasteiger partial charge in [-0.25, -0.2) is 4.98 Å². The minimum absolute atomic E-state index is 0.708. The average Bonchev–Trinajstić information content (AvgIpc) is 2.69. The van der Waals surface area contributed by atoms with E-state index in [-0.39, 0.29) is 0 Å². The van der Waals surface area contributed by atoms with Gasteiger partial charge in [-0.15, -0.1) is 0 Å². The molecule has 0 radical (unpaired) electrons. The number of piperidine rings is 1. The number of anilines is 1. The van der Waals surface area contributed by atoms with Crippen molar-refractivity contribution in [3.63, 3.8) is 0 Å². The topological polar surface area (TPSA) is 46.4 Å². The fourth-order valence-corrected chi connectivity index (χ4v) is 4.25. The molecule has 26 heavy (non-hydrogen) atoms. The summed E-state index contributed by atoms with van der Waals surface area (Å²) in [5.74, 6) is 0.940. The van der Waals surface area contributed by atoms with Crippen LogP contribution in [0.25, 0.3) is 10.9 Å². The van der Waals surface area contributed by atoms with E-state index in [2.05, 4.69) is 27.8 Å². The molecule has 4 rings (SSSR count). The number of likely N-dealkylation sites (tertiary alicyclic amines) is 1. The Morgan fingerprint density at radius 2 is 1.92 bits per heavy atom. The number of benzene rings is 1. The van der Waals surface area contributed by atoms with Crippen molar-refractivity contribution in [3.05, 3.63) is 35.9 Å². The van der Waals surface area contributed by atoms with E-state index < -0.39 is 0 Å². The Balaban J connectivity index is 1.43. The number of likely N-dealkylation sites (N-methyl/N-ethyl adjacent to an activating group) is 1. The van der Waals surface area contributed by atoms with Gasteiger partial charge in [-0.3, -0.25) is 4.90 Å². The van der Waals surface area contributed by atoms with Crippen LogP contribution in [0, 0.1) is 11.3 Å². The second-order valence-electron chi connectivity index (χ2n) is 7.57. The zero-order chi connectivity index (χ0) is 17.9. The number of nitrogens with zero attached hydrogens (tertiary/aromatic N) is 5. The average molecular weight is 349 g/mol. The first-order chi connectivity index (χ1) is 12.7. The number of nitriles is 1. The van der Waals surface area contributed by atoms with E-state index in [9.17, 15) is 5.26 Å². The molecular weight excluding hydrogens is 322 g/mol. The fraction of sp³-hybridized carbons (Fsp3) is 0.524. The standard InChI is InChI=1S/C21H27N5/c1-24-9-5-4-6-18(24)16-25-10-12-26(13-11-25)21-14-17(15-22)19-7-2-3-8-20(19)23-21/h2-3,7-8,14,18H,4-6,9-13,16H2,1H3. The SMILES string of the molecule is CN1CCCCC1CN1CCN(c2cc(C#N)c3ccccc3n2)CC1. The van der Waals surface area contributed by atoms with Crippen LogP contribution in [0.15, 0.2) is 30.3 Å². The van der Waals surface area contributed by atoms with Gasteiger partial charge in [-0.2, -0.15) is 5.26 Å². The molecule has 0 amide bonds. The second kappa shape index (κ2) is 7.61. The van der Waals surface area contributed by atoms with Crippen molar-refractivity contribution in [2.75, 3.05) is 51.2 Å². The molecule has 2 fully saturated rings. The number of pyridine rings is 1. The first-order valence-electron chi connectivity index (χ1n) is 9.72. The maximum absolute atomic E-state index is 9.50. The minimum atomic E-state index is 0.708. The zero-order valence-electron chi connectivity index (χ0n) is 15.6. The lowest BCUT2D eigenvalue weighted by atomic mass is 10.0. The molecule has 2 aliphatic rings. The van der Waals surface area contributed by atoms with E-state index in [4.69, 9.17) is 4.98 Å². The van der Waals surface area contributed by atoms with Crippen LogP contribution in [-0.4, -0.2) is 67.1 Å². The van der Waals surface area contributed by atoms with Crippen molar-refractivity contribution in [2.45, 2.75) is 25.3 Å². The zero-order valence-corrected chi connectivity index (χ0v) is 15.6. The van der Waals surface area contributed by atoms with Crippen molar-refractivity contribution in [2.24, 2.45) is 0 Å². The summed E-state index contributed by atoms with van der Waals surface area (Å²) in [5, 5.41) is 10.4. The molecule has 0 bridgehead atoms. The summed E-state index contributed by atoms with van der Waals surface area (Å²) in [6, 6.07) is 12.9. The van der Waals surface area contributed by atoms with Crippen molar-refractivity contribution in [3.8, 4) is 6.07 Å². The molecule has 1 unspecified atom stereocenters. The quantitative estimate of drug-likeness (QED) is 0.853. The number of aromatic nitrogens is 1. The maximum atomic E-state index is 9.50. The molecule has 5 heteroatoms. The third-order valence-electron chi connectivity index (χ3n) is 5.91. The molecule has 0 spiro atoms. The first kappa shape index (κ1) is 17.3. The van der Waals surface area contributed by atoms with Gasteiger partial charge < -0.3 is 9.80 Å². The van der Waals surface area contributed by atoms with E-state index in [0.717, 1.165) is 48.5 Å². The van der Waals surface area contributed by atoms with Crippen molar-refractivity contribution in [1.29, 1.82) is 5.26 Å². The van der Waals surface area contributed by atoms with Gasteiger partial charge in [-0.05, 0) is 38.6 Å². The van der Waals surface area contributed by atoms with Crippen molar-refractivity contribution in [1.82, 2.24) is 14.8 Å². The molecule has 136 valence electrons. The Morgan fingerprint density at radius 1 is 1.12 bits per heavy atom. The number of hydrogen-bond donors (Lipinski definition) is 0. The van der Waals surface area contributed by atoms with Crippen LogP contribution in [0.3, 0.4) is 0 Å². The third kappa shape index (κ3) is 3.53. The smallest absolute Gasteiger partial charge is 0.130 e. The van der Waals surface area contributed by atoms with Crippen molar-refractivity contribution >= 4 is 16.7 Å². The van der Waals surface area contributed by atoms with Gasteiger partial charge in [0.05, 0.1) is 17.1 Å². The molecule has 1 atom stereocenters. The number of piperazine rings is 1. The Hall–Kier alpha value is -2.16. The van der Waals surface area contributed by atoms with Crippen LogP contribution in [0.5, 0.6) is 0 Å². The van der Waals surface area contributed by atoms with E-state index in [1.165, 1.54) is 32.4 Å². The van der Waals surface area contributed by atoms with Crippen LogP contribution >= 0.6 is 0 Å². The van der Waals surface area contributed by atoms with Gasteiger partial charge in [0.25, 0.3) is 0 Å². The van der Waals surface area contributed by atoms with Crippen molar-refractivity contribution < 1.29 is 0 Å². The normalized spacial score (nSPS) is 22.5. The number of fused-ring (bicyclic) bond motifs is 1. The second-order valence-corrected chi connectivity index (χ2v) is 7.57. The maximum Gasteiger partial charge on any atom is 0.130 e. The van der Waals surface area contributed by atoms with Gasteiger partial charge in [0.2, 0.25) is 0 Å². The van der Waals surface area contributed by atoms with Crippen LogP contribution in [-0.2, 0) is 0 Å². The first-order valence-corrected chi connectivity index (χ1v) is 9.72. The Labute approximate surface area is 155 Å². The molecule has 2 aliphatic heterocycles. The van der Waals surface area contributed by atoms with Crippen LogP contribution < -0.4 is 4.90 Å². The van der Waals surface area contributed by atoms with Crippen LogP contribution in [0.4, 0.5) is 5.82 Å². The lowest BCUT2D eigenvalue weighted by molar-refractivity contribution is 0.124. The lowest BCUT2D eigenvalue weighted by Gasteiger charge is -2.40. The van der Waals surface area contributed by atoms with E-state index in [1.54, 1.807) is 0 Å². The molecule has 1 aromatic carbocycles. The van der Waals surface area contributed by atoms with E-state index >= 15 is 0 Å². The molecule has 1 aromatic heterocycles. The van der Waals surface area contributed by atoms with Gasteiger partial charge in [-0.1, -0.05) is 24.6 Å². The Bertz CT molecular complexity index is 804. The van der Waals surface area contributed by atoms with Gasteiger partial charge >= 0.3 is 0 Å². The number of para-hydroxylation sites is 1. The van der Waals surface area contributed by atoms with E-state index in [1.807, 2.05) is 30.3 Å². The number of rotatable bonds is 3. The Kier molecular flexibility index (Phi) is 5.05. The van der Waals surface area contributed by atoms with Gasteiger partial charge in [0, 0.05) is 44.2 Å². The molecular formula is C21H27N5. The molecule has 0 aliphatic carbocycles. The minimum Gasteiger partial charge on any atom is -0.354 e. The highest BCUT2D eigenvalue weighted by Crippen LogP contribution is 2.24. The number of hydrogen-bond acceptors (Lipinski definition) is 5. The summed E-state index contributed by atoms with van der Waals surface area (Å²) < 4.78 is 0. The molecule has 5 nitrogen and oxygen atoms in total. The summed E-state index contributed by atoms with van der Waals surface area (Å²) >= 11 is 0. The lowest BCUT2D eigenvalue weighted by Crippen LogP contribution is -2.52. The molecule has 0 N–H and O–H groups in total. The van der Waals surface area contributed by atoms with Crippen LogP contribution in [0.1, 0.15) is 24.8 Å². The van der Waals surface area contributed by atoms with Gasteiger partial charge in [0.1, 0.15) is 5.82 Å². The van der Waals surface area contributed by atoms with E-state index in [0.29, 0.717) is 6.04 Å². The molecule has 2 saturated heterocycles. The predicted octanol–water partition coefficient (Wildman–Crippen LogP) is 2.71. The molecule has 2 aromatic rings. The van der Waals surface area contributed by atoms with Gasteiger partial charge in [0.15, 0.2) is 0 Å².